The number of aromatic nitrogens is 2. The van der Waals surface area contributed by atoms with Gasteiger partial charge in [0.2, 0.25) is 5.89 Å². The van der Waals surface area contributed by atoms with E-state index in [2.05, 4.69) is 22.0 Å². The van der Waals surface area contributed by atoms with Crippen molar-refractivity contribution in [2.45, 2.75) is 70.8 Å². The van der Waals surface area contributed by atoms with Gasteiger partial charge in [-0.15, -0.1) is 0 Å². The molecule has 0 unspecified atom stereocenters. The summed E-state index contributed by atoms with van der Waals surface area (Å²) in [5.74, 6) is 4.64. The quantitative estimate of drug-likeness (QED) is 0.805. The highest BCUT2D eigenvalue weighted by molar-refractivity contribution is 5.07. The van der Waals surface area contributed by atoms with E-state index in [4.69, 9.17) is 4.52 Å². The van der Waals surface area contributed by atoms with Crippen LogP contribution in [0.4, 0.5) is 0 Å². The fourth-order valence-electron chi connectivity index (χ4n) is 6.05. The first-order chi connectivity index (χ1) is 10.7. The van der Waals surface area contributed by atoms with Crippen LogP contribution in [-0.4, -0.2) is 33.7 Å². The summed E-state index contributed by atoms with van der Waals surface area (Å²) in [4.78, 5) is 7.14. The zero-order valence-electron chi connectivity index (χ0n) is 14.1. The van der Waals surface area contributed by atoms with E-state index < -0.39 is 0 Å². The van der Waals surface area contributed by atoms with Gasteiger partial charge in [0.25, 0.3) is 0 Å². The number of hydrogen-bond acceptors (Lipinski definition) is 4. The van der Waals surface area contributed by atoms with Gasteiger partial charge in [-0.3, -0.25) is 4.90 Å². The molecule has 4 fully saturated rings. The van der Waals surface area contributed by atoms with Crippen molar-refractivity contribution in [3.8, 4) is 0 Å². The topological polar surface area (TPSA) is 42.2 Å². The van der Waals surface area contributed by atoms with Gasteiger partial charge in [0.15, 0.2) is 5.82 Å². The van der Waals surface area contributed by atoms with E-state index in [0.29, 0.717) is 5.54 Å². The van der Waals surface area contributed by atoms with Crippen LogP contribution < -0.4 is 0 Å². The maximum atomic E-state index is 5.25. The van der Waals surface area contributed by atoms with Crippen LogP contribution in [0.15, 0.2) is 4.52 Å². The molecule has 4 heteroatoms. The molecule has 1 heterocycles. The fraction of sp³-hybridized carbons (Fsp3) is 0.889. The van der Waals surface area contributed by atoms with Gasteiger partial charge >= 0.3 is 0 Å². The Bertz CT molecular complexity index is 489. The number of aryl methyl sites for hydroxylation is 2. The lowest BCUT2D eigenvalue weighted by atomic mass is 9.52. The molecule has 4 bridgehead atoms. The highest BCUT2D eigenvalue weighted by atomic mass is 16.5. The van der Waals surface area contributed by atoms with E-state index in [1.54, 1.807) is 0 Å². The first kappa shape index (κ1) is 14.7. The van der Waals surface area contributed by atoms with Crippen LogP contribution in [0.5, 0.6) is 0 Å². The van der Waals surface area contributed by atoms with Gasteiger partial charge in [-0.2, -0.15) is 4.98 Å². The van der Waals surface area contributed by atoms with Gasteiger partial charge in [0, 0.05) is 12.0 Å². The molecule has 0 amide bonds. The predicted octanol–water partition coefficient (Wildman–Crippen LogP) is 3.60. The molecular formula is C18H29N3O. The van der Waals surface area contributed by atoms with Gasteiger partial charge in [0.1, 0.15) is 0 Å². The van der Waals surface area contributed by atoms with Crippen LogP contribution in [0.25, 0.3) is 0 Å². The molecule has 1 aromatic heterocycles. The van der Waals surface area contributed by atoms with E-state index in [-0.39, 0.29) is 0 Å². The van der Waals surface area contributed by atoms with Crippen molar-refractivity contribution in [1.82, 2.24) is 15.0 Å². The van der Waals surface area contributed by atoms with E-state index in [1.165, 1.54) is 51.6 Å². The lowest BCUT2D eigenvalue weighted by Crippen LogP contribution is -2.60. The maximum Gasteiger partial charge on any atom is 0.226 e. The summed E-state index contributed by atoms with van der Waals surface area (Å²) in [5, 5.41) is 3.89. The Hall–Kier alpha value is -0.900. The average Bonchev–Trinajstić information content (AvgIpc) is 2.87. The first-order valence-corrected chi connectivity index (χ1v) is 9.21. The van der Waals surface area contributed by atoms with Crippen molar-refractivity contribution < 1.29 is 4.52 Å². The summed E-state index contributed by atoms with van der Waals surface area (Å²) < 4.78 is 5.25. The zero-order chi connectivity index (χ0) is 15.2. The van der Waals surface area contributed by atoms with Crippen molar-refractivity contribution >= 4 is 0 Å². The van der Waals surface area contributed by atoms with E-state index in [0.717, 1.165) is 42.3 Å². The van der Waals surface area contributed by atoms with Crippen LogP contribution >= 0.6 is 0 Å². The third-order valence-electron chi connectivity index (χ3n) is 6.45. The predicted molar refractivity (Wildman–Crippen MR) is 85.5 cm³/mol. The standard InChI is InChI=1S/C18H29N3O/c1-3-21(6-4-5-17-19-13(2)20-22-17)18-10-14-7-15(11-18)9-16(8-14)12-18/h14-16H,3-12H2,1-2H3. The Labute approximate surface area is 133 Å². The molecule has 0 saturated heterocycles. The molecule has 1 aromatic rings. The Morgan fingerprint density at radius 1 is 1.14 bits per heavy atom. The molecule has 0 atom stereocenters. The van der Waals surface area contributed by atoms with Gasteiger partial charge in [-0.1, -0.05) is 12.1 Å². The molecule has 0 N–H and O–H groups in total. The highest BCUT2D eigenvalue weighted by Gasteiger charge is 2.52. The third-order valence-corrected chi connectivity index (χ3v) is 6.45. The van der Waals surface area contributed by atoms with Crippen LogP contribution in [0.3, 0.4) is 0 Å². The molecule has 4 nitrogen and oxygen atoms in total. The van der Waals surface area contributed by atoms with Crippen LogP contribution in [0.2, 0.25) is 0 Å². The second kappa shape index (κ2) is 5.63. The SMILES string of the molecule is CCN(CCCc1nc(C)no1)C12CC3CC(CC(C3)C1)C2. The molecule has 122 valence electrons. The fourth-order valence-corrected chi connectivity index (χ4v) is 6.05. The monoisotopic (exact) mass is 303 g/mol. The van der Waals surface area contributed by atoms with Crippen molar-refractivity contribution in [3.63, 3.8) is 0 Å². The molecule has 4 aliphatic rings. The van der Waals surface area contributed by atoms with Crippen molar-refractivity contribution in [2.24, 2.45) is 17.8 Å². The van der Waals surface area contributed by atoms with Gasteiger partial charge < -0.3 is 4.52 Å². The lowest BCUT2D eigenvalue weighted by molar-refractivity contribution is -0.0873. The van der Waals surface area contributed by atoms with E-state index >= 15 is 0 Å². The van der Waals surface area contributed by atoms with Crippen LogP contribution in [0.1, 0.15) is 63.6 Å². The minimum absolute atomic E-state index is 0.536. The minimum atomic E-state index is 0.536. The maximum absolute atomic E-state index is 5.25. The molecule has 22 heavy (non-hydrogen) atoms. The number of hydrogen-bond donors (Lipinski definition) is 0. The highest BCUT2D eigenvalue weighted by Crippen LogP contribution is 2.57. The van der Waals surface area contributed by atoms with Gasteiger partial charge in [0.05, 0.1) is 0 Å². The Kier molecular flexibility index (Phi) is 3.75. The van der Waals surface area contributed by atoms with Crippen molar-refractivity contribution in [2.75, 3.05) is 13.1 Å². The van der Waals surface area contributed by atoms with Crippen molar-refractivity contribution in [1.29, 1.82) is 0 Å². The summed E-state index contributed by atoms with van der Waals surface area (Å²) in [5.41, 5.74) is 0.536. The Morgan fingerprint density at radius 2 is 1.77 bits per heavy atom. The Balaban J connectivity index is 1.39. The number of nitrogens with zero attached hydrogens (tertiary/aromatic N) is 3. The third kappa shape index (κ3) is 2.60. The summed E-state index contributed by atoms with van der Waals surface area (Å²) in [6, 6.07) is 0. The van der Waals surface area contributed by atoms with E-state index in [9.17, 15) is 0 Å². The van der Waals surface area contributed by atoms with Crippen LogP contribution in [0, 0.1) is 24.7 Å². The summed E-state index contributed by atoms with van der Waals surface area (Å²) >= 11 is 0. The number of rotatable bonds is 6. The molecule has 0 aliphatic heterocycles. The molecule has 0 spiro atoms. The van der Waals surface area contributed by atoms with Gasteiger partial charge in [-0.05, 0) is 82.7 Å². The molecule has 0 radical (unpaired) electrons. The second-order valence-electron chi connectivity index (χ2n) is 8.06. The summed E-state index contributed by atoms with van der Waals surface area (Å²) in [7, 11) is 0. The molecule has 4 saturated carbocycles. The second-order valence-corrected chi connectivity index (χ2v) is 8.06. The summed E-state index contributed by atoms with van der Waals surface area (Å²) in [6.07, 6.45) is 11.0. The lowest BCUT2D eigenvalue weighted by Gasteiger charge is -2.60. The largest absolute Gasteiger partial charge is 0.339 e. The normalized spacial score (nSPS) is 36.4. The molecule has 4 aliphatic carbocycles. The Morgan fingerprint density at radius 3 is 2.27 bits per heavy atom. The summed E-state index contributed by atoms with van der Waals surface area (Å²) in [6.45, 7) is 6.61. The van der Waals surface area contributed by atoms with E-state index in [1.807, 2.05) is 6.92 Å². The first-order valence-electron chi connectivity index (χ1n) is 9.21. The molecule has 0 aromatic carbocycles. The minimum Gasteiger partial charge on any atom is -0.339 e. The van der Waals surface area contributed by atoms with Crippen LogP contribution in [-0.2, 0) is 6.42 Å². The zero-order valence-corrected chi connectivity index (χ0v) is 14.1. The molecule has 5 rings (SSSR count). The average molecular weight is 303 g/mol. The van der Waals surface area contributed by atoms with Crippen molar-refractivity contribution in [3.05, 3.63) is 11.7 Å². The van der Waals surface area contributed by atoms with Gasteiger partial charge in [-0.25, -0.2) is 0 Å². The smallest absolute Gasteiger partial charge is 0.226 e. The molecular weight excluding hydrogens is 274 g/mol.